The lowest BCUT2D eigenvalue weighted by atomic mass is 9.94. The van der Waals surface area contributed by atoms with Crippen LogP contribution >= 0.6 is 15.9 Å². The summed E-state index contributed by atoms with van der Waals surface area (Å²) in [5.41, 5.74) is 0. The lowest BCUT2D eigenvalue weighted by Gasteiger charge is -2.10. The van der Waals surface area contributed by atoms with E-state index >= 15 is 0 Å². The quantitative estimate of drug-likeness (QED) is 0.844. The van der Waals surface area contributed by atoms with E-state index in [0.29, 0.717) is 17.8 Å². The summed E-state index contributed by atoms with van der Waals surface area (Å²) in [5, 5.41) is 12.0. The molecule has 1 aliphatic rings. The Kier molecular flexibility index (Phi) is 2.60. The second kappa shape index (κ2) is 3.74. The van der Waals surface area contributed by atoms with Crippen molar-refractivity contribution in [3.8, 4) is 0 Å². The van der Waals surface area contributed by atoms with Gasteiger partial charge in [0.2, 0.25) is 0 Å². The van der Waals surface area contributed by atoms with Gasteiger partial charge in [0.25, 0.3) is 0 Å². The van der Waals surface area contributed by atoms with E-state index in [0.717, 1.165) is 5.76 Å². The molecule has 0 bridgehead atoms. The van der Waals surface area contributed by atoms with Crippen LogP contribution in [0.15, 0.2) is 21.2 Å². The number of rotatable bonds is 2. The number of hydrogen-bond donors (Lipinski definition) is 2. The van der Waals surface area contributed by atoms with Gasteiger partial charge in [0.1, 0.15) is 5.76 Å². The van der Waals surface area contributed by atoms with Crippen molar-refractivity contribution in [1.29, 1.82) is 0 Å². The number of nitrogens with one attached hydrogen (secondary N) is 1. The third kappa shape index (κ3) is 1.69. The maximum absolute atomic E-state index is 10.9. The molecule has 0 radical (unpaired) electrons. The van der Waals surface area contributed by atoms with Gasteiger partial charge in [-0.1, -0.05) is 0 Å². The predicted molar refractivity (Wildman–Crippen MR) is 53.1 cm³/mol. The Morgan fingerprint density at radius 1 is 1.57 bits per heavy atom. The molecule has 2 atom stereocenters. The summed E-state index contributed by atoms with van der Waals surface area (Å²) in [6.07, 6.45) is 0. The molecule has 76 valence electrons. The zero-order chi connectivity index (χ0) is 10.1. The lowest BCUT2D eigenvalue weighted by molar-refractivity contribution is -0.141. The molecule has 2 rings (SSSR count). The monoisotopic (exact) mass is 259 g/mol. The summed E-state index contributed by atoms with van der Waals surface area (Å²) >= 11 is 3.20. The molecule has 2 heterocycles. The predicted octanol–water partition coefficient (Wildman–Crippen LogP) is 1.43. The van der Waals surface area contributed by atoms with Crippen LogP contribution in [0, 0.1) is 5.92 Å². The van der Waals surface area contributed by atoms with E-state index in [9.17, 15) is 4.79 Å². The second-order valence-corrected chi connectivity index (χ2v) is 4.13. The van der Waals surface area contributed by atoms with Crippen LogP contribution in [0.3, 0.4) is 0 Å². The first-order valence-electron chi connectivity index (χ1n) is 4.37. The topological polar surface area (TPSA) is 62.5 Å². The van der Waals surface area contributed by atoms with Crippen LogP contribution in [0.1, 0.15) is 11.7 Å². The van der Waals surface area contributed by atoms with E-state index < -0.39 is 5.97 Å². The molecule has 14 heavy (non-hydrogen) atoms. The molecule has 1 fully saturated rings. The van der Waals surface area contributed by atoms with Gasteiger partial charge in [-0.25, -0.2) is 0 Å². The summed E-state index contributed by atoms with van der Waals surface area (Å²) in [6, 6.07) is 3.60. The van der Waals surface area contributed by atoms with Crippen molar-refractivity contribution in [3.63, 3.8) is 0 Å². The molecule has 0 spiro atoms. The highest BCUT2D eigenvalue weighted by molar-refractivity contribution is 9.10. The van der Waals surface area contributed by atoms with Gasteiger partial charge in [-0.15, -0.1) is 0 Å². The van der Waals surface area contributed by atoms with Crippen LogP contribution in [0.2, 0.25) is 0 Å². The first-order chi connectivity index (χ1) is 6.68. The van der Waals surface area contributed by atoms with E-state index in [4.69, 9.17) is 9.52 Å². The Hall–Kier alpha value is -0.810. The number of carboxylic acid groups (broad SMARTS) is 1. The molecule has 1 aromatic rings. The minimum absolute atomic E-state index is 0.0567. The molecule has 0 aliphatic carbocycles. The van der Waals surface area contributed by atoms with Gasteiger partial charge in [-0.05, 0) is 28.1 Å². The van der Waals surface area contributed by atoms with Crippen LogP contribution in [-0.2, 0) is 4.79 Å². The van der Waals surface area contributed by atoms with E-state index in [1.54, 1.807) is 6.07 Å². The molecule has 0 aromatic carbocycles. The summed E-state index contributed by atoms with van der Waals surface area (Å²) < 4.78 is 6.00. The van der Waals surface area contributed by atoms with E-state index in [2.05, 4.69) is 21.2 Å². The standard InChI is InChI=1S/C9H10BrNO3/c10-8-2-1-7(14-8)5-3-11-4-6(5)9(12)13/h1-2,5-6,11H,3-4H2,(H,12,13). The molecule has 0 amide bonds. The molecular formula is C9H10BrNO3. The summed E-state index contributed by atoms with van der Waals surface area (Å²) in [5.74, 6) is -0.478. The molecule has 5 heteroatoms. The number of halogens is 1. The van der Waals surface area contributed by atoms with Crippen LogP contribution in [0.4, 0.5) is 0 Å². The summed E-state index contributed by atoms with van der Waals surface area (Å²) in [4.78, 5) is 10.9. The number of aliphatic carboxylic acids is 1. The molecule has 4 nitrogen and oxygen atoms in total. The number of hydrogen-bond acceptors (Lipinski definition) is 3. The van der Waals surface area contributed by atoms with Gasteiger partial charge in [0.05, 0.1) is 5.92 Å². The molecule has 1 aromatic heterocycles. The van der Waals surface area contributed by atoms with Crippen LogP contribution in [-0.4, -0.2) is 24.2 Å². The zero-order valence-electron chi connectivity index (χ0n) is 7.37. The van der Waals surface area contributed by atoms with Gasteiger partial charge in [0.15, 0.2) is 4.67 Å². The van der Waals surface area contributed by atoms with Gasteiger partial charge in [-0.2, -0.15) is 0 Å². The van der Waals surface area contributed by atoms with Crippen molar-refractivity contribution < 1.29 is 14.3 Å². The van der Waals surface area contributed by atoms with E-state index in [1.807, 2.05) is 6.07 Å². The molecular weight excluding hydrogens is 250 g/mol. The van der Waals surface area contributed by atoms with Crippen LogP contribution in [0.25, 0.3) is 0 Å². The fourth-order valence-electron chi connectivity index (χ4n) is 1.76. The highest BCUT2D eigenvalue weighted by atomic mass is 79.9. The molecule has 1 saturated heterocycles. The van der Waals surface area contributed by atoms with Gasteiger partial charge < -0.3 is 14.8 Å². The molecule has 2 unspecified atom stereocenters. The van der Waals surface area contributed by atoms with Crippen molar-refractivity contribution in [2.75, 3.05) is 13.1 Å². The average Bonchev–Trinajstić information content (AvgIpc) is 2.70. The van der Waals surface area contributed by atoms with E-state index in [1.165, 1.54) is 0 Å². The zero-order valence-corrected chi connectivity index (χ0v) is 8.95. The highest BCUT2D eigenvalue weighted by Crippen LogP contribution is 2.30. The normalized spacial score (nSPS) is 26.6. The van der Waals surface area contributed by atoms with Crippen molar-refractivity contribution in [2.45, 2.75) is 5.92 Å². The van der Waals surface area contributed by atoms with Gasteiger partial charge >= 0.3 is 5.97 Å². The van der Waals surface area contributed by atoms with Gasteiger partial charge in [0, 0.05) is 19.0 Å². The number of carboxylic acids is 1. The average molecular weight is 260 g/mol. The Morgan fingerprint density at radius 2 is 2.36 bits per heavy atom. The minimum Gasteiger partial charge on any atom is -0.481 e. The maximum atomic E-state index is 10.9. The minimum atomic E-state index is -0.771. The van der Waals surface area contributed by atoms with Crippen molar-refractivity contribution in [3.05, 3.63) is 22.6 Å². The molecule has 1 aliphatic heterocycles. The second-order valence-electron chi connectivity index (χ2n) is 3.35. The SMILES string of the molecule is O=C(O)C1CNCC1c1ccc(Br)o1. The first kappa shape index (κ1) is 9.73. The Bertz CT molecular complexity index is 350. The van der Waals surface area contributed by atoms with Crippen molar-refractivity contribution in [1.82, 2.24) is 5.32 Å². The summed E-state index contributed by atoms with van der Waals surface area (Å²) in [6.45, 7) is 1.18. The van der Waals surface area contributed by atoms with Crippen molar-refractivity contribution >= 4 is 21.9 Å². The Labute approximate surface area is 89.4 Å². The first-order valence-corrected chi connectivity index (χ1v) is 5.16. The van der Waals surface area contributed by atoms with Crippen LogP contribution < -0.4 is 5.32 Å². The molecule has 2 N–H and O–H groups in total. The Balaban J connectivity index is 2.21. The fourth-order valence-corrected chi connectivity index (χ4v) is 2.08. The third-order valence-electron chi connectivity index (χ3n) is 2.49. The fraction of sp³-hybridized carbons (Fsp3) is 0.444. The van der Waals surface area contributed by atoms with Crippen molar-refractivity contribution in [2.24, 2.45) is 5.92 Å². The molecule has 0 saturated carbocycles. The largest absolute Gasteiger partial charge is 0.481 e. The Morgan fingerprint density at radius 3 is 2.93 bits per heavy atom. The lowest BCUT2D eigenvalue weighted by Crippen LogP contribution is -2.20. The number of carbonyl (C=O) groups is 1. The highest BCUT2D eigenvalue weighted by Gasteiger charge is 2.35. The maximum Gasteiger partial charge on any atom is 0.308 e. The third-order valence-corrected chi connectivity index (χ3v) is 2.92. The van der Waals surface area contributed by atoms with Gasteiger partial charge in [-0.3, -0.25) is 4.79 Å². The van der Waals surface area contributed by atoms with E-state index in [-0.39, 0.29) is 11.8 Å². The smallest absolute Gasteiger partial charge is 0.308 e. The number of furan rings is 1. The van der Waals surface area contributed by atoms with Crippen LogP contribution in [0.5, 0.6) is 0 Å². The summed E-state index contributed by atoms with van der Waals surface area (Å²) in [7, 11) is 0.